The first kappa shape index (κ1) is 20.0. The predicted molar refractivity (Wildman–Crippen MR) is 243 cm³/mol. The van der Waals surface area contributed by atoms with Crippen LogP contribution in [-0.4, -0.2) is 28.4 Å². The number of hydrogen-bond donors (Lipinski definition) is 0. The zero-order valence-electron chi connectivity index (χ0n) is 50.1. The van der Waals surface area contributed by atoms with E-state index >= 15 is 0 Å². The molecule has 0 N–H and O–H groups in total. The molecule has 11 rings (SSSR count). The molecular formula is C53H45GeN3. The average molecular weight is 816 g/mol. The quantitative estimate of drug-likeness (QED) is 0.156. The molecule has 3 heterocycles. The van der Waals surface area contributed by atoms with Gasteiger partial charge in [0.1, 0.15) is 0 Å². The SMILES string of the molecule is [2H]c1c([2H])c([2H])[c]([Ge]([c]2c([2H])c([2H])c([2H])c([2H])c2[2H])([c]2c([2H])c([2H])c([2H])c([2H])c2[2H])[c]2c([2H])c([2H])c([2H])c(-n3c4ccc(N5c6ccncc6C6(C)CCCCC56C)cc4c4cc5ccccc5cc43)c2[2H])c([2H])c1[2H]. The summed E-state index contributed by atoms with van der Waals surface area (Å²) in [6, 6.07) is 0.581. The Morgan fingerprint density at radius 3 is 1.89 bits per heavy atom. The van der Waals surface area contributed by atoms with Crippen LogP contribution in [0.15, 0.2) is 188 Å². The first-order chi connectivity index (χ1) is 35.9. The minimum absolute atomic E-state index is 0.258. The van der Waals surface area contributed by atoms with Gasteiger partial charge in [-0.05, 0) is 0 Å². The number of nitrogens with zero attached hydrogens (tertiary/aromatic N) is 3. The maximum absolute atomic E-state index is 10.6. The molecule has 3 nitrogen and oxygen atoms in total. The molecule has 9 aromatic rings. The van der Waals surface area contributed by atoms with Crippen molar-refractivity contribution in [1.29, 1.82) is 0 Å². The number of benzene rings is 7. The Morgan fingerprint density at radius 1 is 0.596 bits per heavy atom. The van der Waals surface area contributed by atoms with Crippen molar-refractivity contribution in [3.05, 3.63) is 193 Å². The summed E-state index contributed by atoms with van der Waals surface area (Å²) in [7, 11) is 0. The molecule has 1 aliphatic heterocycles. The van der Waals surface area contributed by atoms with Crippen LogP contribution < -0.4 is 22.5 Å². The van der Waals surface area contributed by atoms with Gasteiger partial charge >= 0.3 is 353 Å². The fourth-order valence-corrected chi connectivity index (χ4v) is 17.2. The topological polar surface area (TPSA) is 21.1 Å². The van der Waals surface area contributed by atoms with E-state index in [0.29, 0.717) is 21.8 Å². The maximum atomic E-state index is 10.6. The molecule has 57 heavy (non-hydrogen) atoms. The second-order valence-corrected chi connectivity index (χ2v) is 22.6. The van der Waals surface area contributed by atoms with Gasteiger partial charge in [-0.15, -0.1) is 0 Å². The van der Waals surface area contributed by atoms with E-state index in [-0.39, 0.29) is 11.0 Å². The molecule has 0 spiro atoms. The van der Waals surface area contributed by atoms with Gasteiger partial charge < -0.3 is 0 Å². The summed E-state index contributed by atoms with van der Waals surface area (Å²) in [5, 5.41) is 2.84. The Balaban J connectivity index is 1.36. The average Bonchev–Trinajstić information content (AvgIpc) is 4.00. The van der Waals surface area contributed by atoms with Crippen molar-refractivity contribution in [3.8, 4) is 5.69 Å². The standard InChI is InChI=1S/C53H45GeN3/c1-52-30-14-15-31-53(52,2)57(50-29-32-55-37-48(50)52)45-27-28-49-47(36-45)46-33-38-17-12-13-18-39(38)34-51(46)56(49)44-26-16-25-43(35-44)54(40-19-6-3-7-20-40,41-21-8-4-9-22-41)42-23-10-5-11-24-42/h3-13,16-29,32-37H,14-15,30-31H2,1-2H3/i3D,4D,5D,6D,7D,8D,9D,10D,11D,16D,19D,20D,21D,22D,23D,24D,25D,26D,35D. The van der Waals surface area contributed by atoms with Gasteiger partial charge in [0, 0.05) is 0 Å². The summed E-state index contributed by atoms with van der Waals surface area (Å²) in [6.45, 7) is 4.55. The number of pyridine rings is 1. The Bertz CT molecular complexity index is 3830. The molecule has 2 aromatic heterocycles. The third kappa shape index (κ3) is 4.94. The predicted octanol–water partition coefficient (Wildman–Crippen LogP) is 10.5. The van der Waals surface area contributed by atoms with Gasteiger partial charge in [-0.1, -0.05) is 6.42 Å². The summed E-state index contributed by atoms with van der Waals surface area (Å²) in [6.07, 6.45) is 7.58. The van der Waals surface area contributed by atoms with Crippen molar-refractivity contribution in [2.24, 2.45) is 0 Å². The van der Waals surface area contributed by atoms with Gasteiger partial charge in [-0.25, -0.2) is 0 Å². The van der Waals surface area contributed by atoms with Gasteiger partial charge in [-0.3, -0.25) is 4.98 Å². The van der Waals surface area contributed by atoms with Crippen molar-refractivity contribution in [2.45, 2.75) is 50.5 Å². The van der Waals surface area contributed by atoms with Crippen molar-refractivity contribution in [2.75, 3.05) is 4.90 Å². The van der Waals surface area contributed by atoms with Crippen LogP contribution in [0.2, 0.25) is 0 Å². The van der Waals surface area contributed by atoms with Crippen LogP contribution in [0.25, 0.3) is 38.3 Å². The Hall–Kier alpha value is -5.91. The van der Waals surface area contributed by atoms with Crippen molar-refractivity contribution in [3.63, 3.8) is 0 Å². The number of rotatable bonds is 6. The molecule has 1 fully saturated rings. The van der Waals surface area contributed by atoms with Gasteiger partial charge in [-0.2, -0.15) is 0 Å². The molecular weight excluding hydrogens is 751 g/mol. The van der Waals surface area contributed by atoms with E-state index in [2.05, 4.69) is 23.7 Å². The van der Waals surface area contributed by atoms with Crippen molar-refractivity contribution >= 4 is 74.8 Å². The van der Waals surface area contributed by atoms with E-state index in [1.807, 2.05) is 66.9 Å². The molecule has 2 atom stereocenters. The van der Waals surface area contributed by atoms with Crippen molar-refractivity contribution in [1.82, 2.24) is 9.55 Å². The number of anilines is 2. The molecule has 0 saturated heterocycles. The molecule has 2 aliphatic rings. The zero-order valence-corrected chi connectivity index (χ0v) is 33.2. The number of aromatic nitrogens is 2. The van der Waals surface area contributed by atoms with Gasteiger partial charge in [0.25, 0.3) is 0 Å². The summed E-state index contributed by atoms with van der Waals surface area (Å²) in [5.74, 6) is 0. The van der Waals surface area contributed by atoms with Crippen LogP contribution in [0.1, 0.15) is 71.1 Å². The molecule has 4 heteroatoms. The molecule has 1 aliphatic carbocycles. The van der Waals surface area contributed by atoms with Crippen LogP contribution in [0.5, 0.6) is 0 Å². The van der Waals surface area contributed by atoms with Crippen molar-refractivity contribution < 1.29 is 26.0 Å². The number of hydrogen-bond acceptors (Lipinski definition) is 2. The molecule has 2 unspecified atom stereocenters. The summed E-state index contributed by atoms with van der Waals surface area (Å²) in [5.41, 5.74) is 2.72. The number of fused-ring (bicyclic) bond motifs is 7. The van der Waals surface area contributed by atoms with E-state index in [0.717, 1.165) is 53.4 Å². The van der Waals surface area contributed by atoms with Gasteiger partial charge in [0.2, 0.25) is 0 Å². The minimum atomic E-state index is -7.02. The Morgan fingerprint density at radius 2 is 1.21 bits per heavy atom. The molecule has 0 amide bonds. The molecule has 276 valence electrons. The Kier molecular flexibility index (Phi) is 4.58. The van der Waals surface area contributed by atoms with Crippen LogP contribution in [0.4, 0.5) is 11.4 Å². The van der Waals surface area contributed by atoms with E-state index in [1.165, 1.54) is 0 Å². The summed E-state index contributed by atoms with van der Waals surface area (Å²) < 4.78 is 176. The van der Waals surface area contributed by atoms with Gasteiger partial charge in [0.15, 0.2) is 0 Å². The molecule has 7 aromatic carbocycles. The van der Waals surface area contributed by atoms with E-state index in [9.17, 15) is 13.7 Å². The monoisotopic (exact) mass is 816 g/mol. The second-order valence-electron chi connectivity index (χ2n) is 15.3. The first-order valence-corrected chi connectivity index (χ1v) is 23.1. The fraction of sp³-hybridized carbons (Fsp3) is 0.151. The van der Waals surface area contributed by atoms with Crippen LogP contribution >= 0.6 is 0 Å². The molecule has 1 saturated carbocycles. The third-order valence-corrected chi connectivity index (χ3v) is 21.0. The second kappa shape index (κ2) is 13.1. The first-order valence-electron chi connectivity index (χ1n) is 28.4. The van der Waals surface area contributed by atoms with Crippen LogP contribution in [0.3, 0.4) is 0 Å². The fourth-order valence-electron chi connectivity index (χ4n) is 9.74. The normalized spacial score (nSPS) is 23.9. The summed E-state index contributed by atoms with van der Waals surface area (Å²) in [4.78, 5) is 6.91. The molecule has 0 bridgehead atoms. The Labute approximate surface area is 364 Å². The zero-order chi connectivity index (χ0) is 54.7. The van der Waals surface area contributed by atoms with Crippen LogP contribution in [0, 0.1) is 0 Å². The summed E-state index contributed by atoms with van der Waals surface area (Å²) >= 11 is -7.02. The van der Waals surface area contributed by atoms with Gasteiger partial charge in [0.05, 0.1) is 0 Å². The van der Waals surface area contributed by atoms with E-state index < -0.39 is 151 Å². The van der Waals surface area contributed by atoms with Crippen LogP contribution in [-0.2, 0) is 5.41 Å². The molecule has 0 radical (unpaired) electrons. The van der Waals surface area contributed by atoms with E-state index in [1.54, 1.807) is 10.8 Å². The third-order valence-electron chi connectivity index (χ3n) is 12.6. The van der Waals surface area contributed by atoms with E-state index in [4.69, 9.17) is 12.3 Å².